The van der Waals surface area contributed by atoms with Crippen molar-refractivity contribution in [3.63, 3.8) is 0 Å². The summed E-state index contributed by atoms with van der Waals surface area (Å²) in [6.07, 6.45) is 0.474. The summed E-state index contributed by atoms with van der Waals surface area (Å²) in [7, 11) is 0. The molecule has 36 heavy (non-hydrogen) atoms. The van der Waals surface area contributed by atoms with Crippen LogP contribution in [0.3, 0.4) is 0 Å². The Bertz CT molecular complexity index is 1040. The number of nitrogen functional groups attached to an aromatic ring is 1. The summed E-state index contributed by atoms with van der Waals surface area (Å²) in [6, 6.07) is 12.4. The van der Waals surface area contributed by atoms with Crippen molar-refractivity contribution in [1.82, 2.24) is 19.7 Å². The fraction of sp³-hybridized carbons (Fsp3) is 0.417. The van der Waals surface area contributed by atoms with Crippen LogP contribution in [0, 0.1) is 0 Å². The standard InChI is InChI=1S/C24H31N5O6.Zr/c25-18-6-4-17(5-7-18)10-21-13-28(15-23(32)33)9-8-27(14-22(30)31)11-19-2-1-3-20(26-19)12-29(21)16-24(34)35;/h1-7,21H,8-16,25H2,(H,30,31)(H,32,33)(H,34,35);/q;+3. The predicted octanol–water partition coefficient (Wildman–Crippen LogP) is 0.446. The van der Waals surface area contributed by atoms with Crippen LogP contribution >= 0.6 is 0 Å². The molecule has 1 aromatic carbocycles. The van der Waals surface area contributed by atoms with Gasteiger partial charge >= 0.3 is 44.1 Å². The molecule has 189 valence electrons. The first-order valence-electron chi connectivity index (χ1n) is 11.3. The van der Waals surface area contributed by atoms with Gasteiger partial charge in [0.15, 0.2) is 0 Å². The number of nitrogens with zero attached hydrogens (tertiary/aromatic N) is 4. The molecule has 2 bridgehead atoms. The van der Waals surface area contributed by atoms with Gasteiger partial charge in [-0.05, 0) is 36.2 Å². The molecule has 0 aliphatic carbocycles. The zero-order chi connectivity index (χ0) is 25.4. The minimum absolute atomic E-state index is 0. The summed E-state index contributed by atoms with van der Waals surface area (Å²) in [5.41, 5.74) is 8.69. The second-order valence-corrected chi connectivity index (χ2v) is 8.75. The number of benzene rings is 1. The first-order chi connectivity index (χ1) is 16.7. The Morgan fingerprint density at radius 1 is 0.833 bits per heavy atom. The second kappa shape index (κ2) is 14.2. The second-order valence-electron chi connectivity index (χ2n) is 8.75. The monoisotopic (exact) mass is 575 g/mol. The number of hydrogen-bond acceptors (Lipinski definition) is 8. The number of hydrogen-bond donors (Lipinski definition) is 4. The van der Waals surface area contributed by atoms with Crippen LogP contribution in [0.2, 0.25) is 0 Å². The van der Waals surface area contributed by atoms with Crippen LogP contribution in [0.5, 0.6) is 0 Å². The van der Waals surface area contributed by atoms with Gasteiger partial charge in [-0.3, -0.25) is 34.1 Å². The zero-order valence-corrected chi connectivity index (χ0v) is 22.4. The van der Waals surface area contributed by atoms with E-state index in [-0.39, 0.29) is 71.5 Å². The van der Waals surface area contributed by atoms with Crippen LogP contribution in [0.15, 0.2) is 42.5 Å². The molecule has 1 radical (unpaired) electrons. The minimum Gasteiger partial charge on any atom is -0.480 e. The molecule has 0 amide bonds. The van der Waals surface area contributed by atoms with Crippen LogP contribution < -0.4 is 5.73 Å². The Balaban J connectivity index is 0.00000456. The molecule has 2 heterocycles. The van der Waals surface area contributed by atoms with Gasteiger partial charge in [0.1, 0.15) is 0 Å². The molecule has 2 aromatic rings. The number of rotatable bonds is 8. The summed E-state index contributed by atoms with van der Waals surface area (Å²) in [4.78, 5) is 44.7. The average molecular weight is 577 g/mol. The zero-order valence-electron chi connectivity index (χ0n) is 19.9. The molecule has 1 aromatic heterocycles. The van der Waals surface area contributed by atoms with Crippen molar-refractivity contribution in [1.29, 1.82) is 0 Å². The summed E-state index contributed by atoms with van der Waals surface area (Å²) in [6.45, 7) is 0.754. The molecule has 5 N–H and O–H groups in total. The quantitative estimate of drug-likeness (QED) is 0.323. The first kappa shape index (κ1) is 29.6. The molecule has 3 rings (SSSR count). The molecule has 11 nitrogen and oxygen atoms in total. The fourth-order valence-corrected chi connectivity index (χ4v) is 4.28. The Hall–Kier alpha value is -2.66. The van der Waals surface area contributed by atoms with Crippen LogP contribution in [0.1, 0.15) is 17.0 Å². The fourth-order valence-electron chi connectivity index (χ4n) is 4.28. The molecule has 0 fully saturated rings. The third-order valence-electron chi connectivity index (χ3n) is 5.84. The number of nitrogens with two attached hydrogens (primary N) is 1. The van der Waals surface area contributed by atoms with E-state index >= 15 is 0 Å². The Morgan fingerprint density at radius 2 is 1.39 bits per heavy atom. The third-order valence-corrected chi connectivity index (χ3v) is 5.84. The molecular formula is C24H31N5O6Zr+3. The molecule has 1 aliphatic heterocycles. The van der Waals surface area contributed by atoms with Crippen molar-refractivity contribution in [2.24, 2.45) is 0 Å². The van der Waals surface area contributed by atoms with Gasteiger partial charge in [-0.2, -0.15) is 0 Å². The molecule has 0 spiro atoms. The van der Waals surface area contributed by atoms with Crippen LogP contribution in [0.4, 0.5) is 5.69 Å². The number of pyridine rings is 1. The van der Waals surface area contributed by atoms with Crippen molar-refractivity contribution in [2.75, 3.05) is 45.0 Å². The van der Waals surface area contributed by atoms with Crippen molar-refractivity contribution in [2.45, 2.75) is 25.6 Å². The molecule has 12 heteroatoms. The Morgan fingerprint density at radius 3 is 2.00 bits per heavy atom. The molecule has 0 saturated heterocycles. The maximum Gasteiger partial charge on any atom is 3.00 e. The summed E-state index contributed by atoms with van der Waals surface area (Å²) >= 11 is 0. The SMILES string of the molecule is Nc1ccc(CC2CN(CC(=O)O)CCN(CC(=O)O)Cc3cccc(n3)CN2CC(=O)O)cc1.[Zr+3]. The summed E-state index contributed by atoms with van der Waals surface area (Å²) < 4.78 is 0. The van der Waals surface area contributed by atoms with Crippen molar-refractivity contribution in [3.05, 3.63) is 59.4 Å². The molecule has 1 unspecified atom stereocenters. The van der Waals surface area contributed by atoms with Gasteiger partial charge in [-0.1, -0.05) is 18.2 Å². The van der Waals surface area contributed by atoms with Gasteiger partial charge in [-0.15, -0.1) is 0 Å². The number of aliphatic carboxylic acids is 3. The predicted molar refractivity (Wildman–Crippen MR) is 128 cm³/mol. The topological polar surface area (TPSA) is 161 Å². The number of carboxylic acid groups (broad SMARTS) is 3. The number of carbonyl (C=O) groups is 3. The van der Waals surface area contributed by atoms with E-state index in [1.807, 2.05) is 18.2 Å². The molecular weight excluding hydrogens is 546 g/mol. The van der Waals surface area contributed by atoms with Crippen LogP contribution in [-0.4, -0.2) is 98.2 Å². The van der Waals surface area contributed by atoms with E-state index < -0.39 is 17.9 Å². The van der Waals surface area contributed by atoms with Gasteiger partial charge in [0.2, 0.25) is 0 Å². The van der Waals surface area contributed by atoms with E-state index in [0.717, 1.165) is 5.56 Å². The van der Waals surface area contributed by atoms with E-state index in [2.05, 4.69) is 4.98 Å². The number of aromatic nitrogens is 1. The Kier molecular flexibility index (Phi) is 11.6. The normalized spacial score (nSPS) is 17.8. The Labute approximate surface area is 228 Å². The van der Waals surface area contributed by atoms with Gasteiger partial charge in [-0.25, -0.2) is 0 Å². The minimum atomic E-state index is -1.01. The first-order valence-corrected chi connectivity index (χ1v) is 11.3. The molecule has 0 saturated carbocycles. The van der Waals surface area contributed by atoms with Crippen molar-refractivity contribution >= 4 is 23.6 Å². The van der Waals surface area contributed by atoms with Gasteiger partial charge in [0.25, 0.3) is 0 Å². The maximum atomic E-state index is 11.8. The van der Waals surface area contributed by atoms with Gasteiger partial charge < -0.3 is 21.1 Å². The van der Waals surface area contributed by atoms with Crippen LogP contribution in [-0.2, 0) is 60.1 Å². The van der Waals surface area contributed by atoms with Crippen molar-refractivity contribution < 1.29 is 55.9 Å². The molecule has 1 aliphatic rings. The van der Waals surface area contributed by atoms with Gasteiger partial charge in [0, 0.05) is 44.5 Å². The number of anilines is 1. The number of carboxylic acids is 3. The van der Waals surface area contributed by atoms with Crippen molar-refractivity contribution in [3.8, 4) is 0 Å². The smallest absolute Gasteiger partial charge is 0.480 e. The average Bonchev–Trinajstić information content (AvgIpc) is 2.76. The van der Waals surface area contributed by atoms with E-state index in [0.29, 0.717) is 36.6 Å². The van der Waals surface area contributed by atoms with E-state index in [9.17, 15) is 29.7 Å². The van der Waals surface area contributed by atoms with Gasteiger partial charge in [0.05, 0.1) is 31.0 Å². The molecule has 1 atom stereocenters. The number of fused-ring (bicyclic) bond motifs is 2. The third kappa shape index (κ3) is 9.77. The van der Waals surface area contributed by atoms with E-state index in [1.54, 1.807) is 39.0 Å². The van der Waals surface area contributed by atoms with Crippen LogP contribution in [0.25, 0.3) is 0 Å². The maximum absolute atomic E-state index is 11.8. The summed E-state index contributed by atoms with van der Waals surface area (Å²) in [5.74, 6) is -2.98. The summed E-state index contributed by atoms with van der Waals surface area (Å²) in [5, 5.41) is 28.5. The van der Waals surface area contributed by atoms with E-state index in [1.165, 1.54) is 0 Å². The largest absolute Gasteiger partial charge is 3.00 e. The van der Waals surface area contributed by atoms with E-state index in [4.69, 9.17) is 5.73 Å².